The molecule has 2 fully saturated rings. The smallest absolute Gasteiger partial charge is 0.255 e. The summed E-state index contributed by atoms with van der Waals surface area (Å²) < 4.78 is 5.22. The van der Waals surface area contributed by atoms with Crippen molar-refractivity contribution in [1.29, 1.82) is 0 Å². The molecule has 0 aliphatic carbocycles. The van der Waals surface area contributed by atoms with Crippen molar-refractivity contribution >= 4 is 11.8 Å². The van der Waals surface area contributed by atoms with Crippen LogP contribution in [0.25, 0.3) is 0 Å². The number of rotatable bonds is 5. The second-order valence-corrected chi connectivity index (χ2v) is 6.91. The number of methoxy groups -OCH3 is 1. The van der Waals surface area contributed by atoms with E-state index in [1.807, 2.05) is 15.9 Å². The maximum absolute atomic E-state index is 13.1. The summed E-state index contributed by atoms with van der Waals surface area (Å²) in [6.07, 6.45) is 7.40. The van der Waals surface area contributed by atoms with Gasteiger partial charge in [0.2, 0.25) is 5.91 Å². The Bertz CT molecular complexity index is 622. The first-order valence-electron chi connectivity index (χ1n) is 9.14. The molecule has 2 saturated heterocycles. The van der Waals surface area contributed by atoms with Gasteiger partial charge in [0.15, 0.2) is 0 Å². The van der Waals surface area contributed by atoms with Crippen molar-refractivity contribution in [2.45, 2.75) is 50.6 Å². The molecule has 136 valence electrons. The topological polar surface area (TPSA) is 62.7 Å². The third-order valence-electron chi connectivity index (χ3n) is 5.69. The Morgan fingerprint density at radius 2 is 2.28 bits per heavy atom. The molecule has 3 heterocycles. The number of piperidine rings is 1. The molecule has 0 saturated carbocycles. The van der Waals surface area contributed by atoms with Crippen molar-refractivity contribution in [3.63, 3.8) is 0 Å². The monoisotopic (exact) mass is 345 g/mol. The fraction of sp³-hybridized carbons (Fsp3) is 0.632. The lowest BCUT2D eigenvalue weighted by atomic mass is 9.77. The summed E-state index contributed by atoms with van der Waals surface area (Å²) in [5.74, 6) is 0.205. The van der Waals surface area contributed by atoms with Gasteiger partial charge in [-0.3, -0.25) is 14.6 Å². The first-order valence-corrected chi connectivity index (χ1v) is 9.14. The summed E-state index contributed by atoms with van der Waals surface area (Å²) in [4.78, 5) is 33.6. The van der Waals surface area contributed by atoms with E-state index in [4.69, 9.17) is 4.74 Å². The van der Waals surface area contributed by atoms with E-state index in [1.165, 1.54) is 0 Å². The van der Waals surface area contributed by atoms with Crippen LogP contribution >= 0.6 is 0 Å². The Morgan fingerprint density at radius 3 is 2.96 bits per heavy atom. The number of pyridine rings is 1. The number of amides is 2. The van der Waals surface area contributed by atoms with Crippen LogP contribution in [0.1, 0.15) is 49.4 Å². The van der Waals surface area contributed by atoms with E-state index in [-0.39, 0.29) is 23.4 Å². The van der Waals surface area contributed by atoms with Gasteiger partial charge in [0, 0.05) is 39.0 Å². The fourth-order valence-corrected chi connectivity index (χ4v) is 4.64. The number of carbonyl (C=O) groups is 2. The van der Waals surface area contributed by atoms with Crippen molar-refractivity contribution in [2.24, 2.45) is 0 Å². The highest BCUT2D eigenvalue weighted by Crippen LogP contribution is 2.43. The normalized spacial score (nSPS) is 26.5. The molecule has 3 rings (SSSR count). The summed E-state index contributed by atoms with van der Waals surface area (Å²) >= 11 is 0. The van der Waals surface area contributed by atoms with Gasteiger partial charge in [0.1, 0.15) is 0 Å². The van der Waals surface area contributed by atoms with Gasteiger partial charge in [-0.1, -0.05) is 6.92 Å². The van der Waals surface area contributed by atoms with Crippen molar-refractivity contribution in [3.8, 4) is 0 Å². The fourth-order valence-electron chi connectivity index (χ4n) is 4.64. The quantitative estimate of drug-likeness (QED) is 0.820. The number of likely N-dealkylation sites (tertiary alicyclic amines) is 2. The van der Waals surface area contributed by atoms with E-state index >= 15 is 0 Å². The molecule has 0 unspecified atom stereocenters. The van der Waals surface area contributed by atoms with Gasteiger partial charge in [-0.25, -0.2) is 0 Å². The predicted octanol–water partition coefficient (Wildman–Crippen LogP) is 2.10. The molecule has 1 spiro atoms. The highest BCUT2D eigenvalue weighted by atomic mass is 16.5. The highest BCUT2D eigenvalue weighted by Gasteiger charge is 2.53. The van der Waals surface area contributed by atoms with Crippen molar-refractivity contribution in [1.82, 2.24) is 14.8 Å². The van der Waals surface area contributed by atoms with E-state index in [1.54, 1.807) is 25.6 Å². The van der Waals surface area contributed by atoms with Crippen LogP contribution in [0.3, 0.4) is 0 Å². The van der Waals surface area contributed by atoms with Crippen LogP contribution in [0.2, 0.25) is 0 Å². The Kier molecular flexibility index (Phi) is 5.37. The largest absolute Gasteiger partial charge is 0.383 e. The predicted molar refractivity (Wildman–Crippen MR) is 94.1 cm³/mol. The minimum atomic E-state index is -0.250. The summed E-state index contributed by atoms with van der Waals surface area (Å²) in [6.45, 7) is 3.97. The minimum Gasteiger partial charge on any atom is -0.383 e. The van der Waals surface area contributed by atoms with Crippen LogP contribution in [0.4, 0.5) is 0 Å². The molecule has 0 aromatic carbocycles. The molecule has 6 heteroatoms. The van der Waals surface area contributed by atoms with E-state index < -0.39 is 0 Å². The Balaban J connectivity index is 1.90. The van der Waals surface area contributed by atoms with Crippen molar-refractivity contribution < 1.29 is 14.3 Å². The second-order valence-electron chi connectivity index (χ2n) is 6.91. The molecule has 6 nitrogen and oxygen atoms in total. The molecule has 2 aliphatic heterocycles. The molecule has 2 amide bonds. The van der Waals surface area contributed by atoms with Gasteiger partial charge in [-0.05, 0) is 37.8 Å². The van der Waals surface area contributed by atoms with Gasteiger partial charge in [0.25, 0.3) is 5.91 Å². The average molecular weight is 345 g/mol. The molecule has 1 aromatic rings. The van der Waals surface area contributed by atoms with Crippen LogP contribution in [0.15, 0.2) is 24.5 Å². The van der Waals surface area contributed by atoms with E-state index in [0.29, 0.717) is 25.1 Å². The van der Waals surface area contributed by atoms with Gasteiger partial charge in [0.05, 0.1) is 23.8 Å². The number of aromatic nitrogens is 1. The Morgan fingerprint density at radius 1 is 1.44 bits per heavy atom. The molecular formula is C19H27N3O3. The number of hydrogen-bond donors (Lipinski definition) is 0. The molecule has 1 aromatic heterocycles. The van der Waals surface area contributed by atoms with Gasteiger partial charge >= 0.3 is 0 Å². The first-order chi connectivity index (χ1) is 12.1. The zero-order chi connectivity index (χ0) is 17.9. The third kappa shape index (κ3) is 3.15. The van der Waals surface area contributed by atoms with E-state index in [2.05, 4.69) is 11.9 Å². The Hall–Kier alpha value is -1.95. The van der Waals surface area contributed by atoms with Gasteiger partial charge < -0.3 is 14.5 Å². The van der Waals surface area contributed by atoms with E-state index in [9.17, 15) is 9.59 Å². The zero-order valence-electron chi connectivity index (χ0n) is 15.1. The maximum Gasteiger partial charge on any atom is 0.255 e. The van der Waals surface area contributed by atoms with Crippen LogP contribution < -0.4 is 0 Å². The molecule has 0 radical (unpaired) electrons. The lowest BCUT2D eigenvalue weighted by Gasteiger charge is -2.52. The second kappa shape index (κ2) is 7.52. The number of hydrogen-bond acceptors (Lipinski definition) is 4. The first kappa shape index (κ1) is 17.9. The lowest BCUT2D eigenvalue weighted by molar-refractivity contribution is -0.135. The summed E-state index contributed by atoms with van der Waals surface area (Å²) in [7, 11) is 1.66. The van der Waals surface area contributed by atoms with Gasteiger partial charge in [-0.2, -0.15) is 0 Å². The number of nitrogens with zero attached hydrogens (tertiary/aromatic N) is 3. The van der Waals surface area contributed by atoms with Crippen LogP contribution in [0.5, 0.6) is 0 Å². The van der Waals surface area contributed by atoms with Crippen molar-refractivity contribution in [3.05, 3.63) is 30.1 Å². The highest BCUT2D eigenvalue weighted by molar-refractivity contribution is 5.94. The van der Waals surface area contributed by atoms with E-state index in [0.717, 1.165) is 32.2 Å². The van der Waals surface area contributed by atoms with Crippen LogP contribution in [0, 0.1) is 0 Å². The summed E-state index contributed by atoms with van der Waals surface area (Å²) in [6, 6.07) is 3.64. The van der Waals surface area contributed by atoms with Crippen molar-refractivity contribution in [2.75, 3.05) is 26.8 Å². The summed E-state index contributed by atoms with van der Waals surface area (Å²) in [5.41, 5.74) is 0.367. The Labute approximate surface area is 149 Å². The lowest BCUT2D eigenvalue weighted by Crippen LogP contribution is -2.64. The molecule has 0 bridgehead atoms. The SMILES string of the molecule is CC[C@@H]1N(C(=O)c2cccnc2)CCC[C@]12CCC(=O)N2CCOC. The zero-order valence-corrected chi connectivity index (χ0v) is 15.1. The molecular weight excluding hydrogens is 318 g/mol. The van der Waals surface area contributed by atoms with Crippen LogP contribution in [-0.4, -0.2) is 65.0 Å². The number of ether oxygens (including phenoxy) is 1. The summed E-state index contributed by atoms with van der Waals surface area (Å²) in [5, 5.41) is 0. The molecule has 2 atom stereocenters. The molecule has 2 aliphatic rings. The number of carbonyl (C=O) groups excluding carboxylic acids is 2. The minimum absolute atomic E-state index is 0.0186. The third-order valence-corrected chi connectivity index (χ3v) is 5.69. The molecule has 25 heavy (non-hydrogen) atoms. The van der Waals surface area contributed by atoms with Gasteiger partial charge in [-0.15, -0.1) is 0 Å². The maximum atomic E-state index is 13.1. The standard InChI is InChI=1S/C19H27N3O3/c1-3-16-19(9-7-17(23)22(19)12-13-25-2)8-5-11-21(16)18(24)15-6-4-10-20-14-15/h4,6,10,14,16H,3,5,7-9,11-13H2,1-2H3/t16-,19-/m0/s1. The molecule has 0 N–H and O–H groups in total. The van der Waals surface area contributed by atoms with Crippen LogP contribution in [-0.2, 0) is 9.53 Å². The average Bonchev–Trinajstić information content (AvgIpc) is 2.96.